The zero-order valence-electron chi connectivity index (χ0n) is 15.8. The van der Waals surface area contributed by atoms with E-state index in [1.807, 2.05) is 30.3 Å². The summed E-state index contributed by atoms with van der Waals surface area (Å²) in [6.07, 6.45) is 8.71. The highest BCUT2D eigenvalue weighted by atomic mass is 16.5. The summed E-state index contributed by atoms with van der Waals surface area (Å²) in [6.45, 7) is 2.39. The van der Waals surface area contributed by atoms with Gasteiger partial charge in [-0.25, -0.2) is 0 Å². The summed E-state index contributed by atoms with van der Waals surface area (Å²) >= 11 is 0. The molecule has 2 aliphatic heterocycles. The lowest BCUT2D eigenvalue weighted by molar-refractivity contribution is -0.0337. The number of nitrogens with two attached hydrogens (primary N) is 1. The van der Waals surface area contributed by atoms with Crippen LogP contribution in [0.15, 0.2) is 42.5 Å². The number of nitrogens with zero attached hydrogens (tertiary/aromatic N) is 1. The van der Waals surface area contributed by atoms with Crippen LogP contribution in [0.25, 0.3) is 0 Å². The Hall–Kier alpha value is -2.20. The lowest BCUT2D eigenvalue weighted by Gasteiger charge is -2.48. The van der Waals surface area contributed by atoms with E-state index in [2.05, 4.69) is 17.0 Å². The Bertz CT molecular complexity index is 806. The molecule has 2 fully saturated rings. The van der Waals surface area contributed by atoms with Crippen molar-refractivity contribution in [2.45, 2.75) is 56.6 Å². The van der Waals surface area contributed by atoms with Crippen LogP contribution in [-0.4, -0.2) is 29.6 Å². The number of hydrogen-bond acceptors (Lipinski definition) is 4. The van der Waals surface area contributed by atoms with Crippen molar-refractivity contribution in [3.05, 3.63) is 48.0 Å². The first-order valence-corrected chi connectivity index (χ1v) is 10.3. The molecule has 0 radical (unpaired) electrons. The van der Waals surface area contributed by atoms with Crippen molar-refractivity contribution in [2.75, 3.05) is 18.8 Å². The van der Waals surface area contributed by atoms with Crippen molar-refractivity contribution >= 4 is 5.69 Å². The molecule has 1 spiro atoms. The summed E-state index contributed by atoms with van der Waals surface area (Å²) in [5.41, 5.74) is 7.79. The molecule has 2 aromatic carbocycles. The molecule has 142 valence electrons. The summed E-state index contributed by atoms with van der Waals surface area (Å²) in [6, 6.07) is 14.6. The minimum atomic E-state index is 0.0482. The third-order valence-corrected chi connectivity index (χ3v) is 6.62. The number of likely N-dealkylation sites (tertiary alicyclic amines) is 1. The average molecular weight is 364 g/mol. The second kappa shape index (κ2) is 6.75. The zero-order valence-corrected chi connectivity index (χ0v) is 15.8. The van der Waals surface area contributed by atoms with Crippen LogP contribution in [0.4, 0.5) is 5.69 Å². The molecule has 3 aliphatic rings. The van der Waals surface area contributed by atoms with Crippen molar-refractivity contribution in [1.82, 2.24) is 4.90 Å². The number of hydrogen-bond donors (Lipinski definition) is 1. The average Bonchev–Trinajstić information content (AvgIpc) is 2.64. The molecule has 0 amide bonds. The van der Waals surface area contributed by atoms with Gasteiger partial charge < -0.3 is 20.1 Å². The van der Waals surface area contributed by atoms with Crippen LogP contribution in [-0.2, 0) is 6.42 Å². The van der Waals surface area contributed by atoms with E-state index in [9.17, 15) is 0 Å². The Morgan fingerprint density at radius 1 is 0.963 bits per heavy atom. The second-order valence-corrected chi connectivity index (χ2v) is 8.35. The Morgan fingerprint density at radius 3 is 2.41 bits per heavy atom. The monoisotopic (exact) mass is 364 g/mol. The molecule has 5 rings (SSSR count). The van der Waals surface area contributed by atoms with Crippen LogP contribution in [0.3, 0.4) is 0 Å². The van der Waals surface area contributed by atoms with Crippen molar-refractivity contribution in [3.63, 3.8) is 0 Å². The van der Waals surface area contributed by atoms with Crippen LogP contribution in [0, 0.1) is 0 Å². The van der Waals surface area contributed by atoms with Crippen molar-refractivity contribution < 1.29 is 9.47 Å². The number of aryl methyl sites for hydroxylation is 1. The van der Waals surface area contributed by atoms with Crippen molar-refractivity contribution in [2.24, 2.45) is 0 Å². The lowest BCUT2D eigenvalue weighted by Crippen LogP contribution is -2.53. The highest BCUT2D eigenvalue weighted by molar-refractivity contribution is 5.46. The molecule has 2 heterocycles. The zero-order chi connectivity index (χ0) is 18.3. The third kappa shape index (κ3) is 3.39. The maximum Gasteiger partial charge on any atom is 0.127 e. The van der Waals surface area contributed by atoms with Gasteiger partial charge in [0.2, 0.25) is 0 Å². The fraction of sp³-hybridized carbons (Fsp3) is 0.478. The number of piperidine rings is 1. The van der Waals surface area contributed by atoms with Gasteiger partial charge in [0.15, 0.2) is 0 Å². The van der Waals surface area contributed by atoms with Gasteiger partial charge in [-0.15, -0.1) is 0 Å². The molecule has 2 N–H and O–H groups in total. The summed E-state index contributed by atoms with van der Waals surface area (Å²) in [5, 5.41) is 0. The molecule has 0 unspecified atom stereocenters. The van der Waals surface area contributed by atoms with Gasteiger partial charge in [-0.2, -0.15) is 0 Å². The van der Waals surface area contributed by atoms with Crippen LogP contribution < -0.4 is 15.2 Å². The van der Waals surface area contributed by atoms with Gasteiger partial charge in [-0.05, 0) is 86.6 Å². The summed E-state index contributed by atoms with van der Waals surface area (Å²) in [5.74, 6) is 2.71. The number of fused-ring (bicyclic) bond motifs is 1. The third-order valence-electron chi connectivity index (χ3n) is 6.62. The molecule has 0 bridgehead atoms. The molecule has 4 nitrogen and oxygen atoms in total. The second-order valence-electron chi connectivity index (χ2n) is 8.35. The molecule has 2 aromatic rings. The maximum absolute atomic E-state index is 6.56. The number of anilines is 1. The number of nitrogen functional groups attached to an aromatic ring is 1. The van der Waals surface area contributed by atoms with E-state index in [-0.39, 0.29) is 5.60 Å². The number of benzene rings is 2. The quantitative estimate of drug-likeness (QED) is 0.797. The number of ether oxygens (including phenoxy) is 2. The first-order chi connectivity index (χ1) is 13.2. The summed E-state index contributed by atoms with van der Waals surface area (Å²) in [7, 11) is 0. The minimum absolute atomic E-state index is 0.0482. The van der Waals surface area contributed by atoms with Gasteiger partial charge in [0.05, 0.1) is 0 Å². The van der Waals surface area contributed by atoms with E-state index in [0.29, 0.717) is 0 Å². The van der Waals surface area contributed by atoms with Gasteiger partial charge in [0, 0.05) is 24.8 Å². The topological polar surface area (TPSA) is 47.7 Å². The first-order valence-electron chi connectivity index (χ1n) is 10.3. The molecule has 1 saturated heterocycles. The largest absolute Gasteiger partial charge is 0.487 e. The maximum atomic E-state index is 6.56. The van der Waals surface area contributed by atoms with Gasteiger partial charge in [0.25, 0.3) is 0 Å². The molecule has 0 aromatic heterocycles. The van der Waals surface area contributed by atoms with Gasteiger partial charge in [-0.3, -0.25) is 0 Å². The Morgan fingerprint density at radius 2 is 1.70 bits per heavy atom. The summed E-state index contributed by atoms with van der Waals surface area (Å²) in [4.78, 5) is 2.69. The minimum Gasteiger partial charge on any atom is -0.487 e. The van der Waals surface area contributed by atoms with Gasteiger partial charge in [0.1, 0.15) is 22.8 Å². The molecule has 0 atom stereocenters. The normalized spacial score (nSPS) is 21.9. The predicted octanol–water partition coefficient (Wildman–Crippen LogP) is 4.77. The molecule has 1 saturated carbocycles. The lowest BCUT2D eigenvalue weighted by atomic mass is 9.81. The highest BCUT2D eigenvalue weighted by Gasteiger charge is 2.41. The molecule has 27 heavy (non-hydrogen) atoms. The van der Waals surface area contributed by atoms with Crippen LogP contribution >= 0.6 is 0 Å². The van der Waals surface area contributed by atoms with Gasteiger partial charge >= 0.3 is 0 Å². The smallest absolute Gasteiger partial charge is 0.127 e. The van der Waals surface area contributed by atoms with E-state index in [4.69, 9.17) is 15.2 Å². The predicted molar refractivity (Wildman–Crippen MR) is 107 cm³/mol. The Balaban J connectivity index is 1.26. The van der Waals surface area contributed by atoms with Crippen molar-refractivity contribution in [1.29, 1.82) is 0 Å². The molecule has 1 aliphatic carbocycles. The highest BCUT2D eigenvalue weighted by Crippen LogP contribution is 2.42. The first kappa shape index (κ1) is 16.9. The van der Waals surface area contributed by atoms with E-state index in [1.54, 1.807) is 0 Å². The SMILES string of the molecule is Nc1ccc(Oc2ccc3c(c2)CCC2(CCN(C4CCC4)CC2)O3)cc1. The molecular formula is C23H28N2O2. The summed E-state index contributed by atoms with van der Waals surface area (Å²) < 4.78 is 12.5. The van der Waals surface area contributed by atoms with Crippen LogP contribution in [0.1, 0.15) is 44.1 Å². The number of rotatable bonds is 3. The van der Waals surface area contributed by atoms with Crippen molar-refractivity contribution in [3.8, 4) is 17.2 Å². The molecule has 4 heteroatoms. The van der Waals surface area contributed by atoms with E-state index >= 15 is 0 Å². The fourth-order valence-electron chi connectivity index (χ4n) is 4.63. The molecular weight excluding hydrogens is 336 g/mol. The standard InChI is InChI=1S/C23H28N2O2/c24-18-4-6-20(7-5-18)26-21-8-9-22-17(16-21)10-11-23(27-22)12-14-25(15-13-23)19-2-1-3-19/h4-9,16,19H,1-3,10-15,24H2. The van der Waals surface area contributed by atoms with E-state index < -0.39 is 0 Å². The fourth-order valence-corrected chi connectivity index (χ4v) is 4.63. The van der Waals surface area contributed by atoms with Gasteiger partial charge in [-0.1, -0.05) is 6.42 Å². The Labute approximate surface area is 161 Å². The Kier molecular flexibility index (Phi) is 4.24. The van der Waals surface area contributed by atoms with Crippen LogP contribution in [0.5, 0.6) is 17.2 Å². The van der Waals surface area contributed by atoms with Crippen LogP contribution in [0.2, 0.25) is 0 Å². The van der Waals surface area contributed by atoms with E-state index in [1.165, 1.54) is 37.9 Å². The van der Waals surface area contributed by atoms with E-state index in [0.717, 1.165) is 54.7 Å².